The minimum atomic E-state index is -0.344. The molecule has 44 heavy (non-hydrogen) atoms. The fourth-order valence-electron chi connectivity index (χ4n) is 7.20. The Balaban J connectivity index is 1.37. The second-order valence-corrected chi connectivity index (χ2v) is 12.0. The number of allylic oxidation sites excluding steroid dienone is 2. The Labute approximate surface area is 257 Å². The number of aromatic nitrogens is 1. The fraction of sp³-hybridized carbons (Fsp3) is 0.0732. The Hall–Kier alpha value is -5.54. The van der Waals surface area contributed by atoms with E-state index in [9.17, 15) is 0 Å². The molecule has 0 radical (unpaired) electrons. The van der Waals surface area contributed by atoms with Crippen LogP contribution in [0.2, 0.25) is 0 Å². The van der Waals surface area contributed by atoms with Crippen molar-refractivity contribution < 1.29 is 0 Å². The average molecular weight is 566 g/mol. The van der Waals surface area contributed by atoms with Gasteiger partial charge < -0.3 is 0 Å². The van der Waals surface area contributed by atoms with Crippen LogP contribution in [0, 0.1) is 0 Å². The van der Waals surface area contributed by atoms with Gasteiger partial charge in [-0.2, -0.15) is 0 Å². The number of pyridine rings is 1. The first-order valence-electron chi connectivity index (χ1n) is 15.0. The topological polar surface area (TPSA) is 28.5 Å². The molecule has 2 heterocycles. The van der Waals surface area contributed by atoms with Gasteiger partial charge in [0, 0.05) is 17.2 Å². The number of fused-ring (bicyclic) bond motifs is 1. The van der Waals surface area contributed by atoms with Gasteiger partial charge in [0.25, 0.3) is 0 Å². The number of nitrogens with zero attached hydrogens (tertiary/aromatic N) is 3. The van der Waals surface area contributed by atoms with Gasteiger partial charge in [0.15, 0.2) is 0 Å². The summed E-state index contributed by atoms with van der Waals surface area (Å²) in [4.78, 5) is 11.3. The van der Waals surface area contributed by atoms with Crippen molar-refractivity contribution in [3.63, 3.8) is 0 Å². The van der Waals surface area contributed by atoms with E-state index in [1.807, 2.05) is 30.5 Å². The lowest BCUT2D eigenvalue weighted by molar-refractivity contribution is 0.616. The first-order chi connectivity index (χ1) is 21.5. The molecule has 3 heteroatoms. The van der Waals surface area contributed by atoms with Crippen LogP contribution in [0.1, 0.15) is 19.4 Å². The molecule has 0 spiro atoms. The van der Waals surface area contributed by atoms with Gasteiger partial charge in [-0.25, -0.2) is 9.98 Å². The molecule has 0 aliphatic carbocycles. The quantitative estimate of drug-likeness (QED) is 0.153. The highest BCUT2D eigenvalue weighted by atomic mass is 15.3. The van der Waals surface area contributed by atoms with E-state index in [4.69, 9.17) is 0 Å². The zero-order valence-corrected chi connectivity index (χ0v) is 24.9. The normalized spacial score (nSPS) is 14.4. The zero-order chi connectivity index (χ0) is 30.0. The molecule has 0 saturated heterocycles. The predicted molar refractivity (Wildman–Crippen MR) is 187 cm³/mol. The fourth-order valence-corrected chi connectivity index (χ4v) is 7.20. The molecular formula is C41H31N3. The van der Waals surface area contributed by atoms with E-state index in [2.05, 4.69) is 139 Å². The van der Waals surface area contributed by atoms with Crippen LogP contribution in [0.4, 0.5) is 11.5 Å². The van der Waals surface area contributed by atoms with E-state index in [1.54, 1.807) is 0 Å². The van der Waals surface area contributed by atoms with Crippen LogP contribution in [-0.4, -0.2) is 11.7 Å². The number of aliphatic imine (C=N–C) groups is 1. The molecule has 1 aliphatic heterocycles. The summed E-state index contributed by atoms with van der Waals surface area (Å²) in [5, 5.41) is 7.69. The molecule has 1 aromatic heterocycles. The van der Waals surface area contributed by atoms with Crippen molar-refractivity contribution in [2.45, 2.75) is 19.3 Å². The molecule has 0 fully saturated rings. The summed E-state index contributed by atoms with van der Waals surface area (Å²) in [6, 6.07) is 41.6. The monoisotopic (exact) mass is 565 g/mol. The lowest BCUT2D eigenvalue weighted by atomic mass is 9.73. The maximum absolute atomic E-state index is 4.68. The third-order valence-electron chi connectivity index (χ3n) is 9.33. The lowest BCUT2D eigenvalue weighted by Crippen LogP contribution is -2.33. The summed E-state index contributed by atoms with van der Waals surface area (Å²) in [5.74, 6) is 1.57. The van der Waals surface area contributed by atoms with E-state index in [-0.39, 0.29) is 5.41 Å². The van der Waals surface area contributed by atoms with E-state index in [0.29, 0.717) is 0 Å². The molecule has 0 N–H and O–H groups in total. The van der Waals surface area contributed by atoms with Gasteiger partial charge in [0.05, 0.1) is 5.69 Å². The van der Waals surface area contributed by atoms with E-state index >= 15 is 0 Å². The summed E-state index contributed by atoms with van der Waals surface area (Å²) >= 11 is 0. The van der Waals surface area contributed by atoms with Crippen molar-refractivity contribution in [2.24, 2.45) is 4.99 Å². The molecule has 1 aliphatic rings. The third-order valence-corrected chi connectivity index (χ3v) is 9.33. The number of hydrogen-bond acceptors (Lipinski definition) is 3. The minimum absolute atomic E-state index is 0.344. The lowest BCUT2D eigenvalue weighted by Gasteiger charge is -2.41. The first kappa shape index (κ1) is 26.1. The molecule has 0 amide bonds. The molecule has 6 aromatic carbocycles. The number of benzene rings is 6. The molecule has 0 bridgehead atoms. The average Bonchev–Trinajstić information content (AvgIpc) is 3.07. The van der Waals surface area contributed by atoms with Crippen LogP contribution >= 0.6 is 0 Å². The predicted octanol–water partition coefficient (Wildman–Crippen LogP) is 10.8. The molecule has 0 unspecified atom stereocenters. The van der Waals surface area contributed by atoms with Gasteiger partial charge in [-0.1, -0.05) is 117 Å². The van der Waals surface area contributed by atoms with Crippen molar-refractivity contribution in [1.29, 1.82) is 0 Å². The Morgan fingerprint density at radius 3 is 1.95 bits per heavy atom. The Morgan fingerprint density at radius 1 is 0.705 bits per heavy atom. The smallest absolute Gasteiger partial charge is 0.142 e. The van der Waals surface area contributed by atoms with Crippen molar-refractivity contribution in [3.8, 4) is 22.3 Å². The molecular weight excluding hydrogens is 534 g/mol. The molecule has 3 nitrogen and oxygen atoms in total. The van der Waals surface area contributed by atoms with Gasteiger partial charge in [-0.15, -0.1) is 0 Å². The Bertz CT molecular complexity index is 2280. The maximum Gasteiger partial charge on any atom is 0.142 e. The van der Waals surface area contributed by atoms with Crippen LogP contribution in [0.25, 0.3) is 54.6 Å². The number of anilines is 2. The second kappa shape index (κ2) is 9.75. The summed E-state index contributed by atoms with van der Waals surface area (Å²) in [6.07, 6.45) is 3.72. The summed E-state index contributed by atoms with van der Waals surface area (Å²) in [7, 11) is 0. The highest BCUT2D eigenvalue weighted by Gasteiger charge is 2.38. The van der Waals surface area contributed by atoms with Crippen LogP contribution in [0.5, 0.6) is 0 Å². The van der Waals surface area contributed by atoms with Crippen molar-refractivity contribution >= 4 is 50.5 Å². The van der Waals surface area contributed by atoms with Gasteiger partial charge in [0.1, 0.15) is 11.6 Å². The van der Waals surface area contributed by atoms with E-state index in [0.717, 1.165) is 22.9 Å². The molecule has 0 atom stereocenters. The zero-order valence-electron chi connectivity index (χ0n) is 24.9. The van der Waals surface area contributed by atoms with Gasteiger partial charge in [0.2, 0.25) is 0 Å². The number of hydrogen-bond donors (Lipinski definition) is 0. The summed E-state index contributed by atoms with van der Waals surface area (Å²) < 4.78 is 0. The van der Waals surface area contributed by atoms with Crippen molar-refractivity contribution in [1.82, 2.24) is 4.98 Å². The van der Waals surface area contributed by atoms with Gasteiger partial charge in [-0.05, 0) is 91.1 Å². The Morgan fingerprint density at radius 2 is 1.34 bits per heavy atom. The summed E-state index contributed by atoms with van der Waals surface area (Å²) in [5.41, 5.74) is 7.82. The largest absolute Gasteiger partial charge is 0.278 e. The SMILES string of the molecule is C=CC1=C(N=C)N(c2ccccn2)c2ccc(-c3ccc4ccc5c(-c6ccccc6)ccc6ccc3c4c65)cc2C1(C)C. The minimum Gasteiger partial charge on any atom is -0.278 e. The first-order valence-corrected chi connectivity index (χ1v) is 15.0. The van der Waals surface area contributed by atoms with Crippen molar-refractivity contribution in [3.05, 3.63) is 151 Å². The van der Waals surface area contributed by atoms with Crippen LogP contribution in [-0.2, 0) is 5.41 Å². The Kier molecular flexibility index (Phi) is 5.79. The molecule has 8 rings (SSSR count). The van der Waals surface area contributed by atoms with Crippen molar-refractivity contribution in [2.75, 3.05) is 4.90 Å². The molecule has 7 aromatic rings. The van der Waals surface area contributed by atoms with Crippen LogP contribution in [0.15, 0.2) is 150 Å². The highest BCUT2D eigenvalue weighted by molar-refractivity contribution is 6.27. The molecule has 210 valence electrons. The third kappa shape index (κ3) is 3.69. The molecule has 0 saturated carbocycles. The van der Waals surface area contributed by atoms with Crippen LogP contribution < -0.4 is 4.90 Å². The standard InChI is InChI=1S/C41H31N3/c1-5-34-40(42-4)44(37-13-9-10-24-43-37)36-23-18-29(25-35(36)41(34,2)3)31-20-15-28-16-21-32-30(26-11-7-6-8-12-26)19-14-27-17-22-33(31)39(28)38(27)32/h5-25H,1,4H2,2-3H3. The maximum atomic E-state index is 4.68. The van der Waals surface area contributed by atoms with Crippen LogP contribution in [0.3, 0.4) is 0 Å². The number of rotatable bonds is 5. The highest BCUT2D eigenvalue weighted by Crippen LogP contribution is 2.50. The van der Waals surface area contributed by atoms with E-state index in [1.165, 1.54) is 60.1 Å². The summed E-state index contributed by atoms with van der Waals surface area (Å²) in [6.45, 7) is 12.6. The van der Waals surface area contributed by atoms with Gasteiger partial charge >= 0.3 is 0 Å². The second-order valence-electron chi connectivity index (χ2n) is 12.0. The van der Waals surface area contributed by atoms with E-state index < -0.39 is 0 Å². The van der Waals surface area contributed by atoms with Gasteiger partial charge in [-0.3, -0.25) is 4.90 Å².